The van der Waals surface area contributed by atoms with Gasteiger partial charge in [0.2, 0.25) is 0 Å². The Bertz CT molecular complexity index is 1800. The molecular weight excluding hydrogens is 695 g/mol. The maximum absolute atomic E-state index is 13.6. The van der Waals surface area contributed by atoms with Gasteiger partial charge >= 0.3 is 38.7 Å². The van der Waals surface area contributed by atoms with Crippen LogP contribution in [0.15, 0.2) is 52.3 Å². The van der Waals surface area contributed by atoms with Crippen LogP contribution in [-0.2, 0) is 24.9 Å². The molecule has 0 atom stereocenters. The van der Waals surface area contributed by atoms with Gasteiger partial charge in [-0.3, -0.25) is 0 Å². The Kier molecular flexibility index (Phi) is 10.0. The topological polar surface area (TPSA) is 149 Å². The number of hydrogen-bond donors (Lipinski definition) is 2. The van der Waals surface area contributed by atoms with E-state index in [1.165, 1.54) is 19.9 Å². The van der Waals surface area contributed by atoms with Crippen LogP contribution in [0.5, 0.6) is 11.5 Å². The Morgan fingerprint density at radius 1 is 0.795 bits per heavy atom. The summed E-state index contributed by atoms with van der Waals surface area (Å²) in [7, 11) is -9.28. The molecule has 3 aromatic rings. The highest BCUT2D eigenvalue weighted by Gasteiger charge is 2.38. The van der Waals surface area contributed by atoms with Gasteiger partial charge in [0.15, 0.2) is 0 Å². The Morgan fingerprint density at radius 3 is 1.66 bits per heavy atom. The highest BCUT2D eigenvalue weighted by molar-refractivity contribution is 7.90. The molecule has 0 saturated carbocycles. The van der Waals surface area contributed by atoms with Crippen molar-refractivity contribution in [2.75, 3.05) is 12.4 Å². The molecule has 1 heterocycles. The van der Waals surface area contributed by atoms with Crippen LogP contribution >= 0.6 is 23.2 Å². The Morgan fingerprint density at radius 2 is 1.25 bits per heavy atom. The fourth-order valence-electron chi connectivity index (χ4n) is 3.36. The average Bonchev–Trinajstić information content (AvgIpc) is 2.81. The molecule has 0 aliphatic rings. The number of rotatable bonds is 8. The molecule has 0 saturated heterocycles. The van der Waals surface area contributed by atoms with E-state index >= 15 is 0 Å². The van der Waals surface area contributed by atoms with E-state index in [1.807, 2.05) is 4.72 Å². The molecule has 0 aliphatic carbocycles. The second-order valence-electron chi connectivity index (χ2n) is 8.25. The Labute approximate surface area is 255 Å². The smallest absolute Gasteiger partial charge is 0.406 e. The summed E-state index contributed by atoms with van der Waals surface area (Å²) in [5.41, 5.74) is 0.696. The maximum atomic E-state index is 13.6. The van der Waals surface area contributed by atoms with Crippen LogP contribution in [0.4, 0.5) is 32.3 Å². The molecule has 0 radical (unpaired) electrons. The fourth-order valence-corrected chi connectivity index (χ4v) is 6.67. The zero-order valence-corrected chi connectivity index (χ0v) is 25.2. The van der Waals surface area contributed by atoms with Crippen LogP contribution in [-0.4, -0.2) is 56.7 Å². The second-order valence-corrected chi connectivity index (χ2v) is 12.4. The van der Waals surface area contributed by atoms with Crippen molar-refractivity contribution in [2.45, 2.75) is 36.4 Å². The number of alkyl halides is 6. The first-order valence-electron chi connectivity index (χ1n) is 11.3. The lowest BCUT2D eigenvalue weighted by atomic mass is 10.3. The van der Waals surface area contributed by atoms with E-state index in [0.29, 0.717) is 47.8 Å². The molecule has 2 aromatic carbocycles. The molecule has 2 N–H and O–H groups in total. The summed E-state index contributed by atoms with van der Waals surface area (Å²) in [5, 5.41) is 0.773. The first-order valence-corrected chi connectivity index (χ1v) is 15.0. The molecule has 44 heavy (non-hydrogen) atoms. The lowest BCUT2D eigenvalue weighted by Crippen LogP contribution is -2.45. The molecule has 240 valence electrons. The number of benzene rings is 2. The Hall–Kier alpha value is -3.75. The largest absolute Gasteiger partial charge is 0.573 e. The van der Waals surface area contributed by atoms with Crippen molar-refractivity contribution >= 4 is 55.2 Å². The van der Waals surface area contributed by atoms with Crippen LogP contribution in [0.1, 0.15) is 11.4 Å². The van der Waals surface area contributed by atoms with E-state index in [-0.39, 0.29) is 10.1 Å². The van der Waals surface area contributed by atoms with Crippen LogP contribution in [0.25, 0.3) is 0 Å². The highest BCUT2D eigenvalue weighted by atomic mass is 35.5. The van der Waals surface area contributed by atoms with Gasteiger partial charge in [-0.2, -0.15) is 21.6 Å². The van der Waals surface area contributed by atoms with Gasteiger partial charge in [0.05, 0.1) is 10.0 Å². The zero-order valence-electron chi connectivity index (χ0n) is 22.1. The van der Waals surface area contributed by atoms with E-state index in [2.05, 4.69) is 24.8 Å². The normalized spacial score (nSPS) is 13.2. The van der Waals surface area contributed by atoms with Gasteiger partial charge < -0.3 is 14.3 Å². The predicted octanol–water partition coefficient (Wildman–Crippen LogP) is 4.91. The number of hydrogen-bond acceptors (Lipinski definition) is 9. The minimum atomic E-state index is -5.13. The van der Waals surface area contributed by atoms with Crippen molar-refractivity contribution in [3.05, 3.63) is 63.9 Å². The quantitative estimate of drug-likeness (QED) is 0.109. The molecule has 0 unspecified atom stereocenters. The SMILES string of the molecule is CO[N+](=C(Nc1nc(C)cc(C)n1)NS(=O)(=O)c1ccc(OC(F)(F)F)cc1Cl)S(=O)(=O)c1ccc(OC(F)(F)F)cc1Cl. The number of anilines is 1. The van der Waals surface area contributed by atoms with Gasteiger partial charge in [0.1, 0.15) is 28.4 Å². The monoisotopic (exact) mass is 712 g/mol. The summed E-state index contributed by atoms with van der Waals surface area (Å²) in [4.78, 5) is 11.3. The number of ether oxygens (including phenoxy) is 2. The number of halogens is 8. The number of nitrogens with one attached hydrogen (secondary N) is 2. The number of guanidine groups is 1. The fraction of sp³-hybridized carbons (Fsp3) is 0.227. The highest BCUT2D eigenvalue weighted by Crippen LogP contribution is 2.32. The summed E-state index contributed by atoms with van der Waals surface area (Å²) in [6, 6.07) is 5.11. The van der Waals surface area contributed by atoms with E-state index < -0.39 is 70.1 Å². The molecule has 0 fully saturated rings. The predicted molar refractivity (Wildman–Crippen MR) is 141 cm³/mol. The minimum Gasteiger partial charge on any atom is -0.406 e. The summed E-state index contributed by atoms with van der Waals surface area (Å²) >= 11 is 11.9. The van der Waals surface area contributed by atoms with Gasteiger partial charge in [0, 0.05) is 27.7 Å². The second kappa shape index (κ2) is 12.7. The molecule has 1 aromatic heterocycles. The first-order chi connectivity index (χ1) is 20.1. The van der Waals surface area contributed by atoms with Crippen molar-refractivity contribution in [1.29, 1.82) is 0 Å². The summed E-state index contributed by atoms with van der Waals surface area (Å²) in [6.45, 7) is 3.06. The van der Waals surface area contributed by atoms with Crippen LogP contribution in [0, 0.1) is 13.8 Å². The van der Waals surface area contributed by atoms with Gasteiger partial charge in [0.25, 0.3) is 5.95 Å². The average molecular weight is 713 g/mol. The first kappa shape index (κ1) is 34.7. The summed E-state index contributed by atoms with van der Waals surface area (Å²) in [6.07, 6.45) is -10.2. The van der Waals surface area contributed by atoms with Gasteiger partial charge in [-0.25, -0.2) is 15.3 Å². The van der Waals surface area contributed by atoms with E-state index in [9.17, 15) is 43.2 Å². The van der Waals surface area contributed by atoms with Gasteiger partial charge in [-0.15, -0.1) is 26.3 Å². The van der Waals surface area contributed by atoms with Crippen molar-refractivity contribution < 1.29 is 61.6 Å². The van der Waals surface area contributed by atoms with Crippen molar-refractivity contribution in [1.82, 2.24) is 14.7 Å². The van der Waals surface area contributed by atoms with Crippen LogP contribution in [0.2, 0.25) is 10.0 Å². The molecule has 3 rings (SSSR count). The van der Waals surface area contributed by atoms with Crippen molar-refractivity contribution in [3.63, 3.8) is 0 Å². The number of aryl methyl sites for hydroxylation is 2. The molecule has 0 amide bonds. The lowest BCUT2D eigenvalue weighted by Gasteiger charge is -2.15. The number of aromatic nitrogens is 2. The Balaban J connectivity index is 2.18. The molecule has 22 heteroatoms. The zero-order chi connectivity index (χ0) is 33.3. The third kappa shape index (κ3) is 8.89. The van der Waals surface area contributed by atoms with E-state index in [1.54, 1.807) is 0 Å². The molecule has 0 aliphatic heterocycles. The van der Waals surface area contributed by atoms with Crippen molar-refractivity contribution in [3.8, 4) is 11.5 Å². The van der Waals surface area contributed by atoms with Crippen LogP contribution in [0.3, 0.4) is 0 Å². The molecule has 12 nitrogen and oxygen atoms in total. The third-order valence-electron chi connectivity index (χ3n) is 4.85. The lowest BCUT2D eigenvalue weighted by molar-refractivity contribution is -0.667. The number of sulfonamides is 2. The minimum absolute atomic E-state index is 0.0495. The molecule has 0 bridgehead atoms. The standard InChI is InChI=1S/C22H17Cl2F6N5O7S2/c1-11-8-12(2)32-19(31-11)33-20(34-43(36,37)17-6-4-13(9-15(17)23)41-21(25,26)27)35(40-3)44(38,39)18-7-5-14(10-16(18)24)42-22(28,29)30/h4-10H,1-3H3,(H,31,32,33,34)/p+1. The van der Waals surface area contributed by atoms with Gasteiger partial charge in [-0.1, -0.05) is 23.2 Å². The molecular formula is C22H18Cl2F6N5O7S2+. The third-order valence-corrected chi connectivity index (χ3v) is 8.78. The van der Waals surface area contributed by atoms with Crippen molar-refractivity contribution in [2.24, 2.45) is 0 Å². The van der Waals surface area contributed by atoms with E-state index in [4.69, 9.17) is 28.0 Å². The summed E-state index contributed by atoms with van der Waals surface area (Å²) < 4.78 is 139. The number of nitrogens with zero attached hydrogens (tertiary/aromatic N) is 3. The molecule has 0 spiro atoms. The summed E-state index contributed by atoms with van der Waals surface area (Å²) in [5.74, 6) is -3.14. The van der Waals surface area contributed by atoms with E-state index in [0.717, 1.165) is 7.11 Å². The van der Waals surface area contributed by atoms with Crippen LogP contribution < -0.4 is 19.5 Å². The van der Waals surface area contributed by atoms with Gasteiger partial charge in [-0.05, 0) is 44.2 Å². The maximum Gasteiger partial charge on any atom is 0.573 e.